The molecule has 0 spiro atoms. The van der Waals surface area contributed by atoms with Crippen molar-refractivity contribution in [1.29, 1.82) is 0 Å². The van der Waals surface area contributed by atoms with Crippen LogP contribution in [0.5, 0.6) is 0 Å². The second-order valence-corrected chi connectivity index (χ2v) is 5.89. The smallest absolute Gasteiger partial charge is 1.00 e. The molecular formula is C17H34NNaO4. The van der Waals surface area contributed by atoms with Gasteiger partial charge < -0.3 is 17.0 Å². The van der Waals surface area contributed by atoms with Gasteiger partial charge in [-0.15, -0.1) is 0 Å². The maximum Gasteiger partial charge on any atom is 1.00 e. The Balaban J connectivity index is -0.00000220. The summed E-state index contributed by atoms with van der Waals surface area (Å²) in [7, 11) is 0. The molecule has 0 saturated heterocycles. The predicted octanol–water partition coefficient (Wildman–Crippen LogP) is 0.759. The number of unbranched alkanes of at least 4 members (excludes halogenated alkanes) is 9. The number of esters is 1. The van der Waals surface area contributed by atoms with E-state index in [-0.39, 0.29) is 43.8 Å². The molecule has 132 valence electrons. The molecule has 0 unspecified atom stereocenters. The van der Waals surface area contributed by atoms with E-state index in [1.54, 1.807) is 0 Å². The average molecular weight is 339 g/mol. The van der Waals surface area contributed by atoms with Crippen LogP contribution in [0.2, 0.25) is 0 Å². The van der Waals surface area contributed by atoms with Gasteiger partial charge in [-0.25, -0.2) is 0 Å². The number of ether oxygens (including phenoxy) is 1. The molecule has 0 fully saturated rings. The van der Waals surface area contributed by atoms with E-state index in [4.69, 9.17) is 15.6 Å². The zero-order valence-electron chi connectivity index (χ0n) is 16.0. The molecule has 6 heteroatoms. The molecule has 0 aliphatic rings. The van der Waals surface area contributed by atoms with Crippen LogP contribution in [0.25, 0.3) is 0 Å². The third kappa shape index (κ3) is 18.1. The van der Waals surface area contributed by atoms with Crippen LogP contribution in [0, 0.1) is 0 Å². The van der Waals surface area contributed by atoms with Crippen LogP contribution < -0.4 is 35.3 Å². The van der Waals surface area contributed by atoms with Crippen molar-refractivity contribution in [3.05, 3.63) is 0 Å². The molecule has 0 aromatic rings. The van der Waals surface area contributed by atoms with Crippen molar-refractivity contribution >= 4 is 11.9 Å². The fraction of sp³-hybridized carbons (Fsp3) is 0.882. The number of carboxylic acid groups (broad SMARTS) is 1. The van der Waals surface area contributed by atoms with Crippen molar-refractivity contribution < 1.29 is 50.4 Å². The Kier molecular flexibility index (Phi) is 19.9. The normalized spacial score (nSPS) is 11.6. The second-order valence-electron chi connectivity index (χ2n) is 5.89. The first-order chi connectivity index (χ1) is 10.6. The Hall–Kier alpha value is -0.100. The Bertz CT molecular complexity index is 306. The molecule has 0 amide bonds. The van der Waals surface area contributed by atoms with Gasteiger partial charge >= 0.3 is 41.5 Å². The van der Waals surface area contributed by atoms with Gasteiger partial charge in [-0.05, 0) is 12.8 Å². The van der Waals surface area contributed by atoms with Crippen molar-refractivity contribution in [1.82, 2.24) is 0 Å². The average Bonchev–Trinajstić information content (AvgIpc) is 2.49. The minimum absolute atomic E-state index is 0. The third-order valence-corrected chi connectivity index (χ3v) is 3.71. The summed E-state index contributed by atoms with van der Waals surface area (Å²) in [5.74, 6) is -1.44. The Morgan fingerprint density at radius 3 is 1.96 bits per heavy atom. The van der Waals surface area contributed by atoms with Gasteiger partial charge in [0, 0.05) is 6.42 Å². The van der Waals surface area contributed by atoms with Crippen LogP contribution in [0.1, 0.15) is 85.4 Å². The second kappa shape index (κ2) is 18.2. The largest absolute Gasteiger partial charge is 1.00 e. The predicted molar refractivity (Wildman–Crippen MR) is 88.8 cm³/mol. The van der Waals surface area contributed by atoms with Gasteiger partial charge in [0.2, 0.25) is 0 Å². The minimum Gasteiger partial charge on any atom is -1.00 e. The van der Waals surface area contributed by atoms with Crippen molar-refractivity contribution in [3.8, 4) is 0 Å². The molecule has 0 heterocycles. The van der Waals surface area contributed by atoms with E-state index in [0.717, 1.165) is 12.8 Å². The molecule has 0 saturated carbocycles. The van der Waals surface area contributed by atoms with Gasteiger partial charge in [-0.3, -0.25) is 9.59 Å². The quantitative estimate of drug-likeness (QED) is 0.261. The van der Waals surface area contributed by atoms with Crippen LogP contribution in [-0.4, -0.2) is 29.7 Å². The number of hydrogen-bond donors (Lipinski definition) is 2. The molecule has 23 heavy (non-hydrogen) atoms. The summed E-state index contributed by atoms with van der Waals surface area (Å²) in [5.41, 5.74) is 5.56. The molecule has 0 aromatic carbocycles. The summed E-state index contributed by atoms with van der Waals surface area (Å²) in [6.07, 6.45) is 12.3. The van der Waals surface area contributed by atoms with Crippen LogP contribution in [0.4, 0.5) is 0 Å². The van der Waals surface area contributed by atoms with Gasteiger partial charge in [0.15, 0.2) is 0 Å². The molecule has 0 radical (unpaired) electrons. The topological polar surface area (TPSA) is 89.6 Å². The molecule has 0 aliphatic heterocycles. The number of nitrogens with two attached hydrogens (primary N) is 1. The third-order valence-electron chi connectivity index (χ3n) is 3.71. The monoisotopic (exact) mass is 339 g/mol. The standard InChI is InChI=1S/C17H33NO4.Na.H/c1-2-3-4-5-6-7-8-9-10-11-14-22-17(21)15(18)12-13-16(19)20;;/h15H,2-14,18H2,1H3,(H,19,20);;/q;+1;-1/t15-;;/m0../s1. The van der Waals surface area contributed by atoms with Crippen molar-refractivity contribution in [2.45, 2.75) is 90.0 Å². The summed E-state index contributed by atoms with van der Waals surface area (Å²) in [5, 5.41) is 8.51. The molecule has 3 N–H and O–H groups in total. The van der Waals surface area contributed by atoms with Crippen LogP contribution in [0.3, 0.4) is 0 Å². The molecule has 0 rings (SSSR count). The number of carbonyl (C=O) groups is 2. The van der Waals surface area contributed by atoms with Gasteiger partial charge in [0.05, 0.1) is 6.61 Å². The maximum absolute atomic E-state index is 11.5. The SMILES string of the molecule is CCCCCCCCCCCCOC(=O)[C@@H](N)CCC(=O)O.[H-].[Na+]. The fourth-order valence-electron chi connectivity index (χ4n) is 2.27. The van der Waals surface area contributed by atoms with Crippen molar-refractivity contribution in [2.75, 3.05) is 6.61 Å². The Labute approximate surface area is 164 Å². The molecule has 0 aromatic heterocycles. The first kappa shape index (κ1) is 25.1. The van der Waals surface area contributed by atoms with E-state index in [1.807, 2.05) is 0 Å². The van der Waals surface area contributed by atoms with E-state index >= 15 is 0 Å². The van der Waals surface area contributed by atoms with Gasteiger partial charge in [0.25, 0.3) is 0 Å². The van der Waals surface area contributed by atoms with Gasteiger partial charge in [0.1, 0.15) is 6.04 Å². The minimum atomic E-state index is -0.946. The number of hydrogen-bond acceptors (Lipinski definition) is 4. The van der Waals surface area contributed by atoms with Gasteiger partial charge in [-0.2, -0.15) is 0 Å². The van der Waals surface area contributed by atoms with E-state index in [0.29, 0.717) is 6.61 Å². The first-order valence-corrected chi connectivity index (χ1v) is 8.72. The van der Waals surface area contributed by atoms with E-state index in [9.17, 15) is 9.59 Å². The maximum atomic E-state index is 11.5. The van der Waals surface area contributed by atoms with E-state index in [1.165, 1.54) is 51.4 Å². The van der Waals surface area contributed by atoms with Crippen LogP contribution >= 0.6 is 0 Å². The number of carbonyl (C=O) groups excluding carboxylic acids is 1. The summed E-state index contributed by atoms with van der Waals surface area (Å²) < 4.78 is 5.05. The fourth-order valence-corrected chi connectivity index (χ4v) is 2.27. The summed E-state index contributed by atoms with van der Waals surface area (Å²) in [4.78, 5) is 21.9. The zero-order chi connectivity index (χ0) is 16.6. The number of rotatable bonds is 15. The van der Waals surface area contributed by atoms with Crippen molar-refractivity contribution in [3.63, 3.8) is 0 Å². The summed E-state index contributed by atoms with van der Waals surface area (Å²) in [6, 6.07) is -0.820. The molecule has 0 aliphatic carbocycles. The molecule has 5 nitrogen and oxygen atoms in total. The molecule has 1 atom stereocenters. The van der Waals surface area contributed by atoms with E-state index < -0.39 is 18.0 Å². The van der Waals surface area contributed by atoms with E-state index in [2.05, 4.69) is 6.92 Å². The molecule has 0 bridgehead atoms. The summed E-state index contributed by atoms with van der Waals surface area (Å²) >= 11 is 0. The molecular weight excluding hydrogens is 305 g/mol. The summed E-state index contributed by atoms with van der Waals surface area (Å²) in [6.45, 7) is 2.61. The van der Waals surface area contributed by atoms with Crippen LogP contribution in [0.15, 0.2) is 0 Å². The van der Waals surface area contributed by atoms with Crippen LogP contribution in [-0.2, 0) is 14.3 Å². The van der Waals surface area contributed by atoms with Gasteiger partial charge in [-0.1, -0.05) is 64.7 Å². The Morgan fingerprint density at radius 2 is 1.48 bits per heavy atom. The zero-order valence-corrected chi connectivity index (χ0v) is 17.0. The number of aliphatic carboxylic acids is 1. The number of carboxylic acids is 1. The Morgan fingerprint density at radius 1 is 1.00 bits per heavy atom. The van der Waals surface area contributed by atoms with Crippen molar-refractivity contribution in [2.24, 2.45) is 5.73 Å². The first-order valence-electron chi connectivity index (χ1n) is 8.72.